The van der Waals surface area contributed by atoms with Crippen LogP contribution in [0.5, 0.6) is 0 Å². The summed E-state index contributed by atoms with van der Waals surface area (Å²) in [4.78, 5) is 22.7. The average Bonchev–Trinajstić information content (AvgIpc) is 3.42. The zero-order valence-electron chi connectivity index (χ0n) is 16.1. The molecule has 3 aromatic rings. The number of hydrogen-bond donors (Lipinski definition) is 1. The van der Waals surface area contributed by atoms with E-state index in [1.807, 2.05) is 24.7 Å². The highest BCUT2D eigenvalue weighted by molar-refractivity contribution is 7.89. The molecule has 0 atom stereocenters. The molecular weight excluding hydrogens is 430 g/mol. The average molecular weight is 452 g/mol. The van der Waals surface area contributed by atoms with Crippen LogP contribution in [0.25, 0.3) is 10.7 Å². The fourth-order valence-corrected chi connectivity index (χ4v) is 7.12. The van der Waals surface area contributed by atoms with E-state index in [0.29, 0.717) is 18.2 Å². The van der Waals surface area contributed by atoms with Crippen LogP contribution in [0.1, 0.15) is 34.6 Å². The van der Waals surface area contributed by atoms with Gasteiger partial charge < -0.3 is 4.57 Å². The molecular formula is C18H21N5O3S3. The van der Waals surface area contributed by atoms with E-state index in [0.717, 1.165) is 47.0 Å². The molecule has 0 radical (unpaired) electrons. The number of carbonyl (C=O) groups excluding carboxylic acids is 1. The lowest BCUT2D eigenvalue weighted by Gasteiger charge is -2.25. The van der Waals surface area contributed by atoms with Gasteiger partial charge in [-0.25, -0.2) is 18.4 Å². The second kappa shape index (κ2) is 7.98. The molecule has 4 heterocycles. The van der Waals surface area contributed by atoms with Crippen LogP contribution in [0.2, 0.25) is 0 Å². The molecule has 8 nitrogen and oxygen atoms in total. The summed E-state index contributed by atoms with van der Waals surface area (Å²) in [5.74, 6) is 0.306. The first kappa shape index (κ1) is 20.2. The molecule has 0 saturated carbocycles. The topological polar surface area (TPSA) is 97.2 Å². The van der Waals surface area contributed by atoms with Crippen molar-refractivity contribution in [2.45, 2.75) is 31.1 Å². The van der Waals surface area contributed by atoms with Gasteiger partial charge in [0.1, 0.15) is 9.77 Å². The molecule has 1 saturated heterocycles. The number of thiophene rings is 1. The van der Waals surface area contributed by atoms with Gasteiger partial charge in [0.05, 0.1) is 10.6 Å². The largest absolute Gasteiger partial charge is 0.333 e. The molecule has 3 aromatic heterocycles. The van der Waals surface area contributed by atoms with Crippen molar-refractivity contribution < 1.29 is 13.2 Å². The van der Waals surface area contributed by atoms with Crippen molar-refractivity contribution in [2.24, 2.45) is 7.05 Å². The van der Waals surface area contributed by atoms with E-state index in [1.54, 1.807) is 11.6 Å². The second-order valence-corrected chi connectivity index (χ2v) is 10.6. The number of nitrogens with one attached hydrogen (secondary N) is 1. The lowest BCUT2D eigenvalue weighted by molar-refractivity contribution is 0.102. The van der Waals surface area contributed by atoms with Crippen LogP contribution < -0.4 is 5.32 Å². The van der Waals surface area contributed by atoms with Crippen LogP contribution in [0.15, 0.2) is 28.7 Å². The first-order chi connectivity index (χ1) is 13.9. The van der Waals surface area contributed by atoms with E-state index in [4.69, 9.17) is 0 Å². The van der Waals surface area contributed by atoms with Gasteiger partial charge in [-0.15, -0.1) is 11.3 Å². The van der Waals surface area contributed by atoms with E-state index in [2.05, 4.69) is 15.3 Å². The number of anilines is 1. The number of amides is 1. The van der Waals surface area contributed by atoms with Crippen LogP contribution >= 0.6 is 22.7 Å². The lowest BCUT2D eigenvalue weighted by atomic mass is 10.2. The first-order valence-electron chi connectivity index (χ1n) is 9.22. The Balaban J connectivity index is 1.58. The summed E-state index contributed by atoms with van der Waals surface area (Å²) >= 11 is 2.44. The Bertz CT molecular complexity index is 1140. The Hall–Kier alpha value is -2.08. The van der Waals surface area contributed by atoms with Crippen molar-refractivity contribution in [3.8, 4) is 10.7 Å². The zero-order chi connectivity index (χ0) is 20.6. The molecule has 0 bridgehead atoms. The van der Waals surface area contributed by atoms with Gasteiger partial charge in [-0.2, -0.15) is 4.31 Å². The fraction of sp³-hybridized carbons (Fsp3) is 0.389. The summed E-state index contributed by atoms with van der Waals surface area (Å²) < 4.78 is 29.4. The number of carbonyl (C=O) groups is 1. The third-order valence-corrected chi connectivity index (χ3v) is 8.86. The van der Waals surface area contributed by atoms with Crippen LogP contribution in [0.3, 0.4) is 0 Å². The molecule has 0 spiro atoms. The SMILES string of the molecule is Cc1nc(NC(=O)c2sccc2S(=O)(=O)N2CCCCC2)sc1-c1nccn1C. The third-order valence-electron chi connectivity index (χ3n) is 4.81. The highest BCUT2D eigenvalue weighted by atomic mass is 32.2. The van der Waals surface area contributed by atoms with E-state index >= 15 is 0 Å². The van der Waals surface area contributed by atoms with Crippen molar-refractivity contribution in [1.82, 2.24) is 18.8 Å². The summed E-state index contributed by atoms with van der Waals surface area (Å²) in [6.45, 7) is 2.85. The van der Waals surface area contributed by atoms with E-state index in [9.17, 15) is 13.2 Å². The Morgan fingerprint density at radius 3 is 2.69 bits per heavy atom. The number of sulfonamides is 1. The van der Waals surface area contributed by atoms with Crippen LogP contribution in [0.4, 0.5) is 5.13 Å². The minimum Gasteiger partial charge on any atom is -0.333 e. The predicted molar refractivity (Wildman–Crippen MR) is 114 cm³/mol. The summed E-state index contributed by atoms with van der Waals surface area (Å²) in [6.07, 6.45) is 6.27. The van der Waals surface area contributed by atoms with Crippen molar-refractivity contribution in [2.75, 3.05) is 18.4 Å². The van der Waals surface area contributed by atoms with Crippen molar-refractivity contribution >= 4 is 43.7 Å². The van der Waals surface area contributed by atoms with Crippen molar-refractivity contribution in [3.05, 3.63) is 34.4 Å². The van der Waals surface area contributed by atoms with E-state index in [1.165, 1.54) is 21.7 Å². The molecule has 0 aromatic carbocycles. The van der Waals surface area contributed by atoms with E-state index < -0.39 is 15.9 Å². The standard InChI is InChI=1S/C18H21N5O3S3/c1-12-14(16-19-7-10-22(16)2)28-18(20-12)21-17(24)15-13(6-11-27-15)29(25,26)23-8-4-3-5-9-23/h6-7,10-11H,3-5,8-9H2,1-2H3,(H,20,21,24). The number of imidazole rings is 1. The van der Waals surface area contributed by atoms with Gasteiger partial charge >= 0.3 is 0 Å². The molecule has 0 aliphatic carbocycles. The molecule has 0 unspecified atom stereocenters. The predicted octanol–water partition coefficient (Wildman–Crippen LogP) is 3.34. The van der Waals surface area contributed by atoms with Gasteiger partial charge in [0.25, 0.3) is 5.91 Å². The number of aryl methyl sites for hydroxylation is 2. The molecule has 11 heteroatoms. The Kier molecular flexibility index (Phi) is 5.56. The molecule has 154 valence electrons. The highest BCUT2D eigenvalue weighted by Crippen LogP contribution is 2.33. The summed E-state index contributed by atoms with van der Waals surface area (Å²) in [7, 11) is -1.79. The number of rotatable bonds is 5. The fourth-order valence-electron chi connectivity index (χ4n) is 3.31. The van der Waals surface area contributed by atoms with E-state index in [-0.39, 0.29) is 9.77 Å². The van der Waals surface area contributed by atoms with Crippen LogP contribution in [0, 0.1) is 6.92 Å². The number of hydrogen-bond acceptors (Lipinski definition) is 7. The maximum Gasteiger partial charge on any atom is 0.268 e. The zero-order valence-corrected chi connectivity index (χ0v) is 18.5. The monoisotopic (exact) mass is 451 g/mol. The lowest BCUT2D eigenvalue weighted by Crippen LogP contribution is -2.36. The molecule has 1 fully saturated rings. The number of thiazole rings is 1. The summed E-state index contributed by atoms with van der Waals surface area (Å²) in [5, 5.41) is 4.82. The van der Waals surface area contributed by atoms with Crippen LogP contribution in [-0.4, -0.2) is 46.3 Å². The molecule has 1 aliphatic rings. The Labute approximate surface area is 177 Å². The van der Waals surface area contributed by atoms with Crippen molar-refractivity contribution in [3.63, 3.8) is 0 Å². The first-order valence-corrected chi connectivity index (χ1v) is 12.4. The normalized spacial score (nSPS) is 15.5. The molecule has 1 amide bonds. The smallest absolute Gasteiger partial charge is 0.268 e. The molecule has 4 rings (SSSR count). The number of aromatic nitrogens is 3. The van der Waals surface area contributed by atoms with Crippen molar-refractivity contribution in [1.29, 1.82) is 0 Å². The minimum absolute atomic E-state index is 0.0690. The molecule has 1 aliphatic heterocycles. The van der Waals surface area contributed by atoms with Gasteiger partial charge in [-0.3, -0.25) is 10.1 Å². The minimum atomic E-state index is -3.68. The molecule has 1 N–H and O–H groups in total. The summed E-state index contributed by atoms with van der Waals surface area (Å²) in [6, 6.07) is 1.51. The van der Waals surface area contributed by atoms with Gasteiger partial charge in [0, 0.05) is 32.5 Å². The maximum atomic E-state index is 13.0. The Morgan fingerprint density at radius 2 is 2.00 bits per heavy atom. The highest BCUT2D eigenvalue weighted by Gasteiger charge is 2.31. The second-order valence-electron chi connectivity index (χ2n) is 6.83. The Morgan fingerprint density at radius 1 is 1.24 bits per heavy atom. The van der Waals surface area contributed by atoms with Gasteiger partial charge in [0.2, 0.25) is 10.0 Å². The number of nitrogens with zero attached hydrogens (tertiary/aromatic N) is 4. The quantitative estimate of drug-likeness (QED) is 0.642. The van der Waals surface area contributed by atoms with Crippen LogP contribution in [-0.2, 0) is 17.1 Å². The van der Waals surface area contributed by atoms with Gasteiger partial charge in [0.15, 0.2) is 11.0 Å². The third kappa shape index (κ3) is 3.87. The van der Waals surface area contributed by atoms with Gasteiger partial charge in [-0.1, -0.05) is 17.8 Å². The summed E-state index contributed by atoms with van der Waals surface area (Å²) in [5.41, 5.74) is 0.756. The number of piperidine rings is 1. The van der Waals surface area contributed by atoms with Gasteiger partial charge in [-0.05, 0) is 31.2 Å². The molecule has 29 heavy (non-hydrogen) atoms. The maximum absolute atomic E-state index is 13.0.